The fraction of sp³-hybridized carbons (Fsp3) is 0.409. The van der Waals surface area contributed by atoms with Crippen molar-refractivity contribution in [2.75, 3.05) is 44.1 Å². The van der Waals surface area contributed by atoms with Crippen molar-refractivity contribution in [3.05, 3.63) is 48.0 Å². The quantitative estimate of drug-likeness (QED) is 0.650. The average molecular weight is 383 g/mol. The van der Waals surface area contributed by atoms with Crippen molar-refractivity contribution in [3.8, 4) is 11.5 Å². The van der Waals surface area contributed by atoms with Gasteiger partial charge in [0, 0.05) is 44.0 Å². The van der Waals surface area contributed by atoms with Gasteiger partial charge in [0.1, 0.15) is 0 Å². The number of anilines is 2. The van der Waals surface area contributed by atoms with Gasteiger partial charge in [-0.25, -0.2) is 0 Å². The highest BCUT2D eigenvalue weighted by Crippen LogP contribution is 2.27. The maximum absolute atomic E-state index is 12.2. The number of ether oxygens (including phenoxy) is 2. The number of nitrogens with one attached hydrogen (secondary N) is 2. The summed E-state index contributed by atoms with van der Waals surface area (Å²) in [7, 11) is 3.24. The summed E-state index contributed by atoms with van der Waals surface area (Å²) in [4.78, 5) is 14.5. The van der Waals surface area contributed by atoms with Crippen molar-refractivity contribution in [1.82, 2.24) is 5.32 Å². The first kappa shape index (κ1) is 20.0. The van der Waals surface area contributed by atoms with Crippen LogP contribution in [0.3, 0.4) is 0 Å². The van der Waals surface area contributed by atoms with E-state index < -0.39 is 0 Å². The van der Waals surface area contributed by atoms with Crippen LogP contribution in [-0.4, -0.2) is 39.8 Å². The summed E-state index contributed by atoms with van der Waals surface area (Å²) in [6.45, 7) is 3.51. The van der Waals surface area contributed by atoms with E-state index in [9.17, 15) is 4.79 Å². The molecule has 1 heterocycles. The minimum absolute atomic E-state index is 0.00809. The van der Waals surface area contributed by atoms with Gasteiger partial charge in [0.2, 0.25) is 5.91 Å². The second-order valence-corrected chi connectivity index (χ2v) is 6.91. The van der Waals surface area contributed by atoms with Gasteiger partial charge in [-0.05, 0) is 54.8 Å². The molecular formula is C22H29N3O3. The van der Waals surface area contributed by atoms with Crippen molar-refractivity contribution in [2.24, 2.45) is 0 Å². The van der Waals surface area contributed by atoms with Crippen LogP contribution < -0.4 is 25.0 Å². The highest BCUT2D eigenvalue weighted by molar-refractivity contribution is 5.91. The topological polar surface area (TPSA) is 62.8 Å². The molecule has 1 aliphatic rings. The van der Waals surface area contributed by atoms with Gasteiger partial charge in [-0.3, -0.25) is 4.79 Å². The first-order valence-corrected chi connectivity index (χ1v) is 9.76. The molecule has 150 valence electrons. The van der Waals surface area contributed by atoms with E-state index in [-0.39, 0.29) is 5.91 Å². The van der Waals surface area contributed by atoms with Crippen LogP contribution >= 0.6 is 0 Å². The summed E-state index contributed by atoms with van der Waals surface area (Å²) in [6.07, 6.45) is 2.94. The number of amides is 1. The maximum Gasteiger partial charge on any atom is 0.225 e. The number of hydrogen-bond donors (Lipinski definition) is 2. The Balaban J connectivity index is 1.39. The summed E-state index contributed by atoms with van der Waals surface area (Å²) >= 11 is 0. The zero-order chi connectivity index (χ0) is 19.8. The predicted molar refractivity (Wildman–Crippen MR) is 112 cm³/mol. The lowest BCUT2D eigenvalue weighted by Gasteiger charge is -2.17. The predicted octanol–water partition coefficient (Wildman–Crippen LogP) is 3.42. The smallest absolute Gasteiger partial charge is 0.225 e. The zero-order valence-electron chi connectivity index (χ0n) is 16.7. The van der Waals surface area contributed by atoms with Crippen LogP contribution in [-0.2, 0) is 11.3 Å². The van der Waals surface area contributed by atoms with E-state index in [1.165, 1.54) is 18.5 Å². The molecule has 6 nitrogen and oxygen atoms in total. The number of carbonyl (C=O) groups excluding carboxylic acids is 1. The monoisotopic (exact) mass is 383 g/mol. The SMILES string of the molecule is COc1ccc(CNCCC(=O)Nc2ccc(N3CCCC3)cc2)cc1OC. The summed E-state index contributed by atoms with van der Waals surface area (Å²) in [6, 6.07) is 13.9. The fourth-order valence-electron chi connectivity index (χ4n) is 3.38. The molecule has 0 saturated carbocycles. The number of benzene rings is 2. The third kappa shape index (κ3) is 5.39. The second kappa shape index (κ2) is 9.99. The molecule has 1 aliphatic heterocycles. The normalized spacial score (nSPS) is 13.4. The Morgan fingerprint density at radius 3 is 2.39 bits per heavy atom. The molecule has 0 bridgehead atoms. The van der Waals surface area contributed by atoms with E-state index in [2.05, 4.69) is 27.7 Å². The molecule has 0 atom stereocenters. The standard InChI is InChI=1S/C22H29N3O3/c1-27-20-10-5-17(15-21(20)28-2)16-23-12-11-22(26)24-18-6-8-19(9-7-18)25-13-3-4-14-25/h5-10,15,23H,3-4,11-14,16H2,1-2H3,(H,24,26). The Morgan fingerprint density at radius 2 is 1.71 bits per heavy atom. The Kier molecular flexibility index (Phi) is 7.14. The van der Waals surface area contributed by atoms with Gasteiger partial charge < -0.3 is 25.0 Å². The second-order valence-electron chi connectivity index (χ2n) is 6.91. The molecular weight excluding hydrogens is 354 g/mol. The highest BCUT2D eigenvalue weighted by atomic mass is 16.5. The Hall–Kier alpha value is -2.73. The first-order valence-electron chi connectivity index (χ1n) is 9.76. The van der Waals surface area contributed by atoms with Gasteiger partial charge in [-0.15, -0.1) is 0 Å². The van der Waals surface area contributed by atoms with Crippen molar-refractivity contribution in [1.29, 1.82) is 0 Å². The van der Waals surface area contributed by atoms with Crippen molar-refractivity contribution in [3.63, 3.8) is 0 Å². The Morgan fingerprint density at radius 1 is 1.00 bits per heavy atom. The average Bonchev–Trinajstić information content (AvgIpc) is 3.26. The van der Waals surface area contributed by atoms with Crippen molar-refractivity contribution < 1.29 is 14.3 Å². The van der Waals surface area contributed by atoms with Gasteiger partial charge >= 0.3 is 0 Å². The van der Waals surface area contributed by atoms with E-state index >= 15 is 0 Å². The third-order valence-electron chi connectivity index (χ3n) is 4.93. The van der Waals surface area contributed by atoms with Crippen molar-refractivity contribution in [2.45, 2.75) is 25.8 Å². The van der Waals surface area contributed by atoms with Crippen molar-refractivity contribution >= 4 is 17.3 Å². The molecule has 1 amide bonds. The van der Waals surface area contributed by atoms with Gasteiger partial charge in [0.15, 0.2) is 11.5 Å². The van der Waals surface area contributed by atoms with E-state index in [1.54, 1.807) is 14.2 Å². The summed E-state index contributed by atoms with van der Waals surface area (Å²) in [5, 5.41) is 6.25. The number of hydrogen-bond acceptors (Lipinski definition) is 5. The molecule has 3 rings (SSSR count). The van der Waals surface area contributed by atoms with E-state index in [0.29, 0.717) is 31.0 Å². The Labute approximate surface area is 166 Å². The largest absolute Gasteiger partial charge is 0.493 e. The third-order valence-corrected chi connectivity index (χ3v) is 4.93. The van der Waals surface area contributed by atoms with Crippen LogP contribution in [0.5, 0.6) is 11.5 Å². The number of carbonyl (C=O) groups is 1. The minimum Gasteiger partial charge on any atom is -0.493 e. The zero-order valence-corrected chi connectivity index (χ0v) is 16.7. The van der Waals surface area contributed by atoms with E-state index in [4.69, 9.17) is 9.47 Å². The van der Waals surface area contributed by atoms with Crippen LogP contribution in [0.2, 0.25) is 0 Å². The molecule has 1 fully saturated rings. The summed E-state index contributed by atoms with van der Waals surface area (Å²) in [5.74, 6) is 1.42. The Bertz CT molecular complexity index is 771. The van der Waals surface area contributed by atoms with E-state index in [0.717, 1.165) is 24.3 Å². The minimum atomic E-state index is 0.00809. The molecule has 0 aromatic heterocycles. The molecule has 0 radical (unpaired) electrons. The van der Waals surface area contributed by atoms with E-state index in [1.807, 2.05) is 30.3 Å². The molecule has 2 aromatic carbocycles. The lowest BCUT2D eigenvalue weighted by Crippen LogP contribution is -2.21. The molecule has 1 saturated heterocycles. The van der Waals surface area contributed by atoms with Crippen LogP contribution in [0.15, 0.2) is 42.5 Å². The number of nitrogens with zero attached hydrogens (tertiary/aromatic N) is 1. The summed E-state index contributed by atoms with van der Waals surface area (Å²) < 4.78 is 10.5. The molecule has 2 N–H and O–H groups in total. The molecule has 6 heteroatoms. The summed E-state index contributed by atoms with van der Waals surface area (Å²) in [5.41, 5.74) is 3.15. The molecule has 0 spiro atoms. The van der Waals surface area contributed by atoms with Crippen LogP contribution in [0.1, 0.15) is 24.8 Å². The van der Waals surface area contributed by atoms with Gasteiger partial charge in [0.05, 0.1) is 14.2 Å². The molecule has 0 aliphatic carbocycles. The van der Waals surface area contributed by atoms with Gasteiger partial charge in [-0.2, -0.15) is 0 Å². The van der Waals surface area contributed by atoms with Gasteiger partial charge in [-0.1, -0.05) is 6.07 Å². The number of methoxy groups -OCH3 is 2. The molecule has 28 heavy (non-hydrogen) atoms. The highest BCUT2D eigenvalue weighted by Gasteiger charge is 2.12. The first-order chi connectivity index (χ1) is 13.7. The maximum atomic E-state index is 12.2. The van der Waals surface area contributed by atoms with Crippen LogP contribution in [0.4, 0.5) is 11.4 Å². The molecule has 2 aromatic rings. The molecule has 0 unspecified atom stereocenters. The fourth-order valence-corrected chi connectivity index (χ4v) is 3.38. The lowest BCUT2D eigenvalue weighted by molar-refractivity contribution is -0.116. The van der Waals surface area contributed by atoms with Crippen LogP contribution in [0, 0.1) is 0 Å². The number of rotatable bonds is 9. The lowest BCUT2D eigenvalue weighted by atomic mass is 10.2. The van der Waals surface area contributed by atoms with Crippen LogP contribution in [0.25, 0.3) is 0 Å². The van der Waals surface area contributed by atoms with Gasteiger partial charge in [0.25, 0.3) is 0 Å².